The Morgan fingerprint density at radius 1 is 1.28 bits per heavy atom. The number of nitrogens with zero attached hydrogens (tertiary/aromatic N) is 1. The van der Waals surface area contributed by atoms with E-state index >= 15 is 0 Å². The monoisotopic (exact) mass is 378 g/mol. The maximum Gasteiger partial charge on any atom is 0.419 e. The Morgan fingerprint density at radius 2 is 1.96 bits per heavy atom. The van der Waals surface area contributed by atoms with E-state index in [2.05, 4.69) is 0 Å². The predicted molar refractivity (Wildman–Crippen MR) is 89.6 cm³/mol. The third kappa shape index (κ3) is 4.03. The molecule has 0 spiro atoms. The van der Waals surface area contributed by atoms with Crippen molar-refractivity contribution in [2.45, 2.75) is 38.1 Å². The molecule has 0 radical (unpaired) electrons. The molecule has 1 saturated heterocycles. The number of halogens is 4. The van der Waals surface area contributed by atoms with Gasteiger partial charge in [0.05, 0.1) is 5.56 Å². The van der Waals surface area contributed by atoms with Gasteiger partial charge < -0.3 is 15.4 Å². The van der Waals surface area contributed by atoms with Crippen LogP contribution in [0.1, 0.15) is 25.3 Å². The Morgan fingerprint density at radius 3 is 2.60 bits per heavy atom. The molecule has 1 amide bonds. The number of ether oxygens (including phenoxy) is 1. The summed E-state index contributed by atoms with van der Waals surface area (Å²) in [5.41, 5.74) is 5.19. The van der Waals surface area contributed by atoms with E-state index in [9.17, 15) is 18.0 Å². The van der Waals surface area contributed by atoms with E-state index in [0.717, 1.165) is 18.9 Å². The minimum atomic E-state index is -4.52. The number of likely N-dealkylation sites (tertiary alicyclic amines) is 1. The molecule has 2 N–H and O–H groups in total. The molecule has 4 nitrogen and oxygen atoms in total. The van der Waals surface area contributed by atoms with Crippen LogP contribution in [0.2, 0.25) is 0 Å². The van der Waals surface area contributed by atoms with E-state index < -0.39 is 17.8 Å². The van der Waals surface area contributed by atoms with Crippen LogP contribution in [0.25, 0.3) is 0 Å². The van der Waals surface area contributed by atoms with Crippen molar-refractivity contribution in [2.24, 2.45) is 17.6 Å². The van der Waals surface area contributed by atoms with Gasteiger partial charge in [-0.1, -0.05) is 12.1 Å². The highest BCUT2D eigenvalue weighted by Crippen LogP contribution is 2.38. The van der Waals surface area contributed by atoms with Gasteiger partial charge in [-0.2, -0.15) is 13.2 Å². The summed E-state index contributed by atoms with van der Waals surface area (Å²) < 4.78 is 44.4. The van der Waals surface area contributed by atoms with Crippen molar-refractivity contribution < 1.29 is 22.7 Å². The number of fused-ring (bicyclic) bond motifs is 1. The molecule has 1 aliphatic carbocycles. The van der Waals surface area contributed by atoms with Crippen molar-refractivity contribution in [1.29, 1.82) is 0 Å². The van der Waals surface area contributed by atoms with Crippen LogP contribution in [0.5, 0.6) is 5.75 Å². The second-order valence-electron chi connectivity index (χ2n) is 6.66. The van der Waals surface area contributed by atoms with Gasteiger partial charge in [-0.3, -0.25) is 4.79 Å². The first kappa shape index (κ1) is 19.8. The van der Waals surface area contributed by atoms with E-state index in [0.29, 0.717) is 24.9 Å². The summed E-state index contributed by atoms with van der Waals surface area (Å²) in [6, 6.07) is 5.05. The molecule has 1 aromatic rings. The summed E-state index contributed by atoms with van der Waals surface area (Å²) in [6.07, 6.45) is -3.51. The van der Waals surface area contributed by atoms with Crippen LogP contribution in [0.15, 0.2) is 24.3 Å². The summed E-state index contributed by atoms with van der Waals surface area (Å²) in [5, 5.41) is 0. The van der Waals surface area contributed by atoms with Gasteiger partial charge in [-0.25, -0.2) is 0 Å². The zero-order valence-corrected chi connectivity index (χ0v) is 14.6. The van der Waals surface area contributed by atoms with Crippen molar-refractivity contribution in [2.75, 3.05) is 13.1 Å². The fourth-order valence-corrected chi connectivity index (χ4v) is 3.79. The van der Waals surface area contributed by atoms with Gasteiger partial charge in [0.25, 0.3) is 5.91 Å². The Hall–Kier alpha value is -1.47. The first-order valence-electron chi connectivity index (χ1n) is 8.14. The highest BCUT2D eigenvalue weighted by molar-refractivity contribution is 5.85. The number of alkyl halides is 3. The number of amides is 1. The summed E-state index contributed by atoms with van der Waals surface area (Å²) in [5.74, 6) is 0.0951. The summed E-state index contributed by atoms with van der Waals surface area (Å²) in [7, 11) is 0. The van der Waals surface area contributed by atoms with Gasteiger partial charge in [0.2, 0.25) is 0 Å². The maximum absolute atomic E-state index is 13.0. The van der Waals surface area contributed by atoms with Crippen LogP contribution in [0.3, 0.4) is 0 Å². The first-order valence-corrected chi connectivity index (χ1v) is 8.14. The number of benzene rings is 1. The van der Waals surface area contributed by atoms with E-state index in [4.69, 9.17) is 10.5 Å². The molecule has 2 fully saturated rings. The van der Waals surface area contributed by atoms with Gasteiger partial charge >= 0.3 is 6.18 Å². The van der Waals surface area contributed by atoms with Crippen molar-refractivity contribution in [1.82, 2.24) is 4.90 Å². The van der Waals surface area contributed by atoms with Gasteiger partial charge in [-0.05, 0) is 43.7 Å². The van der Waals surface area contributed by atoms with E-state index in [1.807, 2.05) is 0 Å². The maximum atomic E-state index is 13.0. The average Bonchev–Trinajstić information content (AvgIpc) is 3.08. The quantitative estimate of drug-likeness (QED) is 0.879. The fourth-order valence-electron chi connectivity index (χ4n) is 3.79. The molecular formula is C17H22ClF3N2O2. The number of para-hydroxylation sites is 1. The molecule has 3 rings (SSSR count). The molecule has 1 aromatic carbocycles. The van der Waals surface area contributed by atoms with Gasteiger partial charge in [-0.15, -0.1) is 12.4 Å². The highest BCUT2D eigenvalue weighted by atomic mass is 35.5. The van der Waals surface area contributed by atoms with Crippen LogP contribution < -0.4 is 10.5 Å². The predicted octanol–water partition coefficient (Wildman–Crippen LogP) is 3.09. The summed E-state index contributed by atoms with van der Waals surface area (Å²) in [6.45, 7) is 2.68. The van der Waals surface area contributed by atoms with Crippen LogP contribution in [0.4, 0.5) is 13.2 Å². The van der Waals surface area contributed by atoms with Gasteiger partial charge in [0, 0.05) is 19.1 Å². The third-order valence-electron chi connectivity index (χ3n) is 5.07. The second-order valence-corrected chi connectivity index (χ2v) is 6.66. The lowest BCUT2D eigenvalue weighted by atomic mass is 9.98. The fraction of sp³-hybridized carbons (Fsp3) is 0.588. The zero-order valence-electron chi connectivity index (χ0n) is 13.8. The first-order chi connectivity index (χ1) is 11.3. The topological polar surface area (TPSA) is 55.6 Å². The van der Waals surface area contributed by atoms with E-state index in [1.165, 1.54) is 25.1 Å². The minimum Gasteiger partial charge on any atom is -0.480 e. The Kier molecular flexibility index (Phi) is 5.89. The van der Waals surface area contributed by atoms with Crippen molar-refractivity contribution in [3.8, 4) is 5.75 Å². The van der Waals surface area contributed by atoms with E-state index in [1.54, 1.807) is 4.90 Å². The molecular weight excluding hydrogens is 357 g/mol. The van der Waals surface area contributed by atoms with Crippen molar-refractivity contribution in [3.05, 3.63) is 29.8 Å². The Labute approximate surface area is 150 Å². The normalized spacial score (nSPS) is 26.8. The standard InChI is InChI=1S/C17H21F3N2O2.ClH/c1-10(24-15-5-3-2-4-13(15)17(18,19)20)16(23)22-8-11-6-7-14(21)12(11)9-22;/h2-5,10-12,14H,6-9,21H2,1H3;1H. The molecule has 8 heteroatoms. The lowest BCUT2D eigenvalue weighted by Gasteiger charge is -2.24. The second kappa shape index (κ2) is 7.41. The largest absolute Gasteiger partial charge is 0.480 e. The lowest BCUT2D eigenvalue weighted by molar-refractivity contribution is -0.143. The van der Waals surface area contributed by atoms with Crippen LogP contribution in [-0.4, -0.2) is 36.0 Å². The molecule has 0 bridgehead atoms. The zero-order chi connectivity index (χ0) is 17.5. The molecule has 1 aliphatic heterocycles. The Balaban J connectivity index is 0.00000225. The minimum absolute atomic E-state index is 0. The molecule has 4 atom stereocenters. The molecule has 1 heterocycles. The van der Waals surface area contributed by atoms with Crippen molar-refractivity contribution in [3.63, 3.8) is 0 Å². The SMILES string of the molecule is CC(Oc1ccccc1C(F)(F)F)C(=O)N1CC2CCC(N)C2C1.Cl. The van der Waals surface area contributed by atoms with Gasteiger partial charge in [0.1, 0.15) is 5.75 Å². The molecule has 4 unspecified atom stereocenters. The smallest absolute Gasteiger partial charge is 0.419 e. The number of hydrogen-bond acceptors (Lipinski definition) is 3. The number of carbonyl (C=O) groups is 1. The number of carbonyl (C=O) groups excluding carboxylic acids is 1. The molecule has 2 aliphatic rings. The summed E-state index contributed by atoms with van der Waals surface area (Å²) >= 11 is 0. The number of nitrogens with two attached hydrogens (primary N) is 1. The summed E-state index contributed by atoms with van der Waals surface area (Å²) in [4.78, 5) is 14.2. The van der Waals surface area contributed by atoms with Crippen LogP contribution in [0, 0.1) is 11.8 Å². The van der Waals surface area contributed by atoms with Crippen LogP contribution >= 0.6 is 12.4 Å². The van der Waals surface area contributed by atoms with Gasteiger partial charge in [0.15, 0.2) is 6.10 Å². The third-order valence-corrected chi connectivity index (χ3v) is 5.07. The highest BCUT2D eigenvalue weighted by Gasteiger charge is 2.43. The van der Waals surface area contributed by atoms with Crippen LogP contribution in [-0.2, 0) is 11.0 Å². The number of hydrogen-bond donors (Lipinski definition) is 1. The molecule has 25 heavy (non-hydrogen) atoms. The lowest BCUT2D eigenvalue weighted by Crippen LogP contribution is -2.41. The molecule has 140 valence electrons. The molecule has 1 saturated carbocycles. The number of rotatable bonds is 3. The average molecular weight is 379 g/mol. The molecule has 0 aromatic heterocycles. The van der Waals surface area contributed by atoms with Crippen molar-refractivity contribution >= 4 is 18.3 Å². The Bertz CT molecular complexity index is 626. The van der Waals surface area contributed by atoms with E-state index in [-0.39, 0.29) is 30.1 Å².